The van der Waals surface area contributed by atoms with Crippen LogP contribution in [0, 0.1) is 18.8 Å². The predicted molar refractivity (Wildman–Crippen MR) is 137 cm³/mol. The molecule has 1 aliphatic heterocycles. The number of aryl methyl sites for hydroxylation is 2. The number of nitrogens with zero attached hydrogens (tertiary/aromatic N) is 2. The third kappa shape index (κ3) is 4.25. The molecular formula is C26H27N3O3S2. The Hall–Kier alpha value is -2.71. The molecule has 8 heteroatoms. The zero-order valence-electron chi connectivity index (χ0n) is 19.3. The number of imide groups is 1. The quantitative estimate of drug-likeness (QED) is 0.358. The number of thioether (sulfide) groups is 1. The van der Waals surface area contributed by atoms with Gasteiger partial charge in [0, 0.05) is 5.69 Å². The van der Waals surface area contributed by atoms with E-state index in [2.05, 4.69) is 17.2 Å². The fourth-order valence-corrected chi connectivity index (χ4v) is 6.92. The molecule has 3 aromatic rings. The molecule has 5 rings (SSSR count). The van der Waals surface area contributed by atoms with Crippen molar-refractivity contribution in [2.24, 2.45) is 11.8 Å². The zero-order valence-corrected chi connectivity index (χ0v) is 20.9. The van der Waals surface area contributed by atoms with Crippen molar-refractivity contribution in [2.75, 3.05) is 16.0 Å². The lowest BCUT2D eigenvalue weighted by Gasteiger charge is -2.19. The van der Waals surface area contributed by atoms with Crippen LogP contribution in [0.15, 0.2) is 40.7 Å². The summed E-state index contributed by atoms with van der Waals surface area (Å²) in [6.07, 6.45) is 4.49. The Labute approximate surface area is 207 Å². The van der Waals surface area contributed by atoms with Crippen LogP contribution in [-0.4, -0.2) is 28.5 Å². The predicted octanol–water partition coefficient (Wildman–Crippen LogP) is 5.58. The van der Waals surface area contributed by atoms with E-state index in [4.69, 9.17) is 0 Å². The lowest BCUT2D eigenvalue weighted by Crippen LogP contribution is -2.30. The summed E-state index contributed by atoms with van der Waals surface area (Å²) in [5, 5.41) is 3.05. The van der Waals surface area contributed by atoms with Gasteiger partial charge in [0.1, 0.15) is 0 Å². The van der Waals surface area contributed by atoms with Gasteiger partial charge in [-0.25, -0.2) is 4.98 Å². The highest BCUT2D eigenvalue weighted by molar-refractivity contribution is 8.01. The molecule has 176 valence electrons. The molecule has 2 aromatic carbocycles. The number of hydrogen-bond acceptors (Lipinski definition) is 6. The standard InChI is InChI=1S/C26H27N3O3S2/c1-3-16-8-6-7-15(2)23(16)28-22(30)14-33-26-27-20-12-11-17(13-21(20)34-26)29-24(31)18-9-4-5-10-19(18)25(29)32/h6-8,11-13,18-19H,3-5,9-10,14H2,1-2H3,(H,28,30)/t18-,19-/m0/s1. The molecule has 1 N–H and O–H groups in total. The first-order valence-electron chi connectivity index (χ1n) is 11.8. The highest BCUT2D eigenvalue weighted by atomic mass is 32.2. The molecule has 0 unspecified atom stereocenters. The molecule has 2 heterocycles. The van der Waals surface area contributed by atoms with E-state index in [0.717, 1.165) is 63.5 Å². The van der Waals surface area contributed by atoms with Gasteiger partial charge in [-0.05, 0) is 55.5 Å². The van der Waals surface area contributed by atoms with E-state index in [9.17, 15) is 14.4 Å². The summed E-state index contributed by atoms with van der Waals surface area (Å²) >= 11 is 2.88. The summed E-state index contributed by atoms with van der Waals surface area (Å²) < 4.78 is 1.69. The van der Waals surface area contributed by atoms with Gasteiger partial charge in [-0.15, -0.1) is 11.3 Å². The first-order chi connectivity index (χ1) is 16.5. The van der Waals surface area contributed by atoms with Crippen molar-refractivity contribution in [3.8, 4) is 0 Å². The SMILES string of the molecule is CCc1cccc(C)c1NC(=O)CSc1nc2ccc(N3C(=O)[C@H]4CCCC[C@@H]4C3=O)cc2s1. The average molecular weight is 494 g/mol. The number of para-hydroxylation sites is 1. The molecular weight excluding hydrogens is 466 g/mol. The summed E-state index contributed by atoms with van der Waals surface area (Å²) in [5.74, 6) is -0.254. The van der Waals surface area contributed by atoms with E-state index >= 15 is 0 Å². The number of anilines is 2. The third-order valence-corrected chi connectivity index (χ3v) is 8.94. The van der Waals surface area contributed by atoms with Crippen molar-refractivity contribution in [1.29, 1.82) is 0 Å². The molecule has 3 amide bonds. The molecule has 2 fully saturated rings. The number of aromatic nitrogens is 1. The lowest BCUT2D eigenvalue weighted by molar-refractivity contribution is -0.122. The molecule has 0 spiro atoms. The number of hydrogen-bond donors (Lipinski definition) is 1. The number of thiazole rings is 1. The van der Waals surface area contributed by atoms with Gasteiger partial charge in [0.25, 0.3) is 0 Å². The van der Waals surface area contributed by atoms with Crippen LogP contribution in [0.5, 0.6) is 0 Å². The van der Waals surface area contributed by atoms with Crippen LogP contribution in [-0.2, 0) is 20.8 Å². The Morgan fingerprint density at radius 3 is 2.59 bits per heavy atom. The number of benzene rings is 2. The van der Waals surface area contributed by atoms with Crippen molar-refractivity contribution in [3.05, 3.63) is 47.5 Å². The summed E-state index contributed by atoms with van der Waals surface area (Å²) in [6, 6.07) is 11.6. The van der Waals surface area contributed by atoms with Crippen LogP contribution in [0.4, 0.5) is 11.4 Å². The second-order valence-corrected chi connectivity index (χ2v) is 11.2. The van der Waals surface area contributed by atoms with Crippen LogP contribution in [0.1, 0.15) is 43.7 Å². The average Bonchev–Trinajstić information content (AvgIpc) is 3.36. The number of fused-ring (bicyclic) bond motifs is 2. The Bertz CT molecular complexity index is 1260. The minimum atomic E-state index is -0.162. The maximum atomic E-state index is 12.9. The second-order valence-electron chi connectivity index (χ2n) is 8.94. The molecule has 2 atom stereocenters. The Morgan fingerprint density at radius 1 is 1.15 bits per heavy atom. The lowest BCUT2D eigenvalue weighted by atomic mass is 9.81. The summed E-state index contributed by atoms with van der Waals surface area (Å²) in [7, 11) is 0. The van der Waals surface area contributed by atoms with Crippen molar-refractivity contribution in [1.82, 2.24) is 4.98 Å². The van der Waals surface area contributed by atoms with Gasteiger partial charge in [0.05, 0.1) is 33.5 Å². The summed E-state index contributed by atoms with van der Waals surface area (Å²) in [6.45, 7) is 4.07. The molecule has 1 aliphatic carbocycles. The van der Waals surface area contributed by atoms with E-state index in [0.29, 0.717) is 5.69 Å². The van der Waals surface area contributed by atoms with Crippen LogP contribution < -0.4 is 10.2 Å². The van der Waals surface area contributed by atoms with Gasteiger partial charge in [-0.2, -0.15) is 0 Å². The fourth-order valence-electron chi connectivity index (χ4n) is 5.01. The zero-order chi connectivity index (χ0) is 23.8. The first-order valence-corrected chi connectivity index (χ1v) is 13.6. The van der Waals surface area contributed by atoms with Crippen molar-refractivity contribution in [2.45, 2.75) is 50.3 Å². The van der Waals surface area contributed by atoms with Crippen molar-refractivity contribution < 1.29 is 14.4 Å². The van der Waals surface area contributed by atoms with Gasteiger partial charge in [0.15, 0.2) is 4.34 Å². The summed E-state index contributed by atoms with van der Waals surface area (Å²) in [4.78, 5) is 44.5. The van der Waals surface area contributed by atoms with Crippen LogP contribution in [0.2, 0.25) is 0 Å². The Kier molecular flexibility index (Phi) is 6.44. The number of carbonyl (C=O) groups is 3. The topological polar surface area (TPSA) is 79.4 Å². The first kappa shape index (κ1) is 23.1. The van der Waals surface area contributed by atoms with E-state index in [-0.39, 0.29) is 35.3 Å². The molecule has 34 heavy (non-hydrogen) atoms. The van der Waals surface area contributed by atoms with Gasteiger partial charge in [-0.1, -0.05) is 49.7 Å². The minimum Gasteiger partial charge on any atom is -0.325 e. The van der Waals surface area contributed by atoms with E-state index in [1.165, 1.54) is 28.0 Å². The molecule has 1 saturated carbocycles. The normalized spacial score (nSPS) is 20.1. The molecule has 1 saturated heterocycles. The van der Waals surface area contributed by atoms with Gasteiger partial charge < -0.3 is 5.32 Å². The number of rotatable bonds is 6. The minimum absolute atomic E-state index is 0.0625. The fraction of sp³-hybridized carbons (Fsp3) is 0.385. The molecule has 6 nitrogen and oxygen atoms in total. The number of amides is 3. The van der Waals surface area contributed by atoms with Crippen LogP contribution in [0.25, 0.3) is 10.2 Å². The van der Waals surface area contributed by atoms with Crippen LogP contribution in [0.3, 0.4) is 0 Å². The van der Waals surface area contributed by atoms with Crippen molar-refractivity contribution in [3.63, 3.8) is 0 Å². The number of carbonyl (C=O) groups excluding carboxylic acids is 3. The molecule has 1 aromatic heterocycles. The number of nitrogens with one attached hydrogen (secondary N) is 1. The molecule has 0 radical (unpaired) electrons. The smallest absolute Gasteiger partial charge is 0.237 e. The van der Waals surface area contributed by atoms with Crippen LogP contribution >= 0.6 is 23.1 Å². The van der Waals surface area contributed by atoms with E-state index < -0.39 is 0 Å². The Morgan fingerprint density at radius 2 is 1.88 bits per heavy atom. The van der Waals surface area contributed by atoms with Crippen molar-refractivity contribution >= 4 is 62.4 Å². The van der Waals surface area contributed by atoms with E-state index in [1.807, 2.05) is 37.3 Å². The highest BCUT2D eigenvalue weighted by Crippen LogP contribution is 2.41. The highest BCUT2D eigenvalue weighted by Gasteiger charge is 2.48. The summed E-state index contributed by atoms with van der Waals surface area (Å²) in [5.41, 5.74) is 4.50. The second kappa shape index (κ2) is 9.50. The monoisotopic (exact) mass is 493 g/mol. The van der Waals surface area contributed by atoms with Gasteiger partial charge in [-0.3, -0.25) is 19.3 Å². The molecule has 2 aliphatic rings. The third-order valence-electron chi connectivity index (χ3n) is 6.78. The molecule has 0 bridgehead atoms. The maximum absolute atomic E-state index is 12.9. The van der Waals surface area contributed by atoms with Gasteiger partial charge in [0.2, 0.25) is 17.7 Å². The Balaban J connectivity index is 1.29. The maximum Gasteiger partial charge on any atom is 0.237 e. The largest absolute Gasteiger partial charge is 0.325 e. The van der Waals surface area contributed by atoms with Gasteiger partial charge >= 0.3 is 0 Å². The van der Waals surface area contributed by atoms with E-state index in [1.54, 1.807) is 6.07 Å².